The summed E-state index contributed by atoms with van der Waals surface area (Å²) in [5.74, 6) is 1.66. The van der Waals surface area contributed by atoms with E-state index in [1.165, 1.54) is 25.7 Å². The Balaban J connectivity index is 1.82. The van der Waals surface area contributed by atoms with E-state index in [4.69, 9.17) is 0 Å². The zero-order chi connectivity index (χ0) is 14.6. The molecule has 0 aliphatic heterocycles. The van der Waals surface area contributed by atoms with E-state index in [1.54, 1.807) is 0 Å². The Hall–Kier alpha value is -1.02. The lowest BCUT2D eigenvalue weighted by molar-refractivity contribution is 0.153. The van der Waals surface area contributed by atoms with Crippen LogP contribution in [0.4, 0.5) is 5.69 Å². The molecule has 0 spiro atoms. The van der Waals surface area contributed by atoms with Crippen molar-refractivity contribution in [2.24, 2.45) is 17.3 Å². The Kier molecular flexibility index (Phi) is 5.09. The number of anilines is 1. The fraction of sp³-hybridized carbons (Fsp3) is 0.667. The molecule has 0 saturated heterocycles. The number of nitrogens with one attached hydrogen (secondary N) is 1. The van der Waals surface area contributed by atoms with Gasteiger partial charge in [-0.25, -0.2) is 0 Å². The quantitative estimate of drug-likeness (QED) is 0.851. The second-order valence-corrected chi connectivity index (χ2v) is 7.28. The molecule has 1 aromatic rings. The Bertz CT molecular complexity index is 414. The minimum atomic E-state index is 0.111. The van der Waals surface area contributed by atoms with E-state index < -0.39 is 0 Å². The molecule has 2 rings (SSSR count). The number of aliphatic hydroxyl groups excluding tert-OH is 1. The monoisotopic (exact) mass is 275 g/mol. The van der Waals surface area contributed by atoms with Crippen molar-refractivity contribution in [3.05, 3.63) is 29.8 Å². The van der Waals surface area contributed by atoms with Gasteiger partial charge in [0.05, 0.1) is 6.61 Å². The van der Waals surface area contributed by atoms with Crippen LogP contribution in [0.3, 0.4) is 0 Å². The lowest BCUT2D eigenvalue weighted by Crippen LogP contribution is -2.28. The summed E-state index contributed by atoms with van der Waals surface area (Å²) in [7, 11) is 0. The molecule has 0 amide bonds. The molecule has 1 aromatic carbocycles. The second-order valence-electron chi connectivity index (χ2n) is 7.28. The van der Waals surface area contributed by atoms with E-state index >= 15 is 0 Å². The molecule has 0 aromatic heterocycles. The molecule has 0 radical (unpaired) electrons. The van der Waals surface area contributed by atoms with Crippen LogP contribution in [0.25, 0.3) is 0 Å². The number of hydrogen-bond acceptors (Lipinski definition) is 2. The lowest BCUT2D eigenvalue weighted by Gasteiger charge is -2.37. The highest BCUT2D eigenvalue weighted by Crippen LogP contribution is 2.39. The van der Waals surface area contributed by atoms with Gasteiger partial charge in [-0.2, -0.15) is 0 Å². The zero-order valence-corrected chi connectivity index (χ0v) is 13.2. The zero-order valence-electron chi connectivity index (χ0n) is 13.2. The third-order valence-electron chi connectivity index (χ3n) is 4.84. The first-order chi connectivity index (χ1) is 9.50. The molecule has 0 unspecified atom stereocenters. The number of hydrogen-bond donors (Lipinski definition) is 2. The van der Waals surface area contributed by atoms with E-state index in [0.29, 0.717) is 5.41 Å². The lowest BCUT2D eigenvalue weighted by atomic mass is 9.70. The topological polar surface area (TPSA) is 32.3 Å². The Labute approximate surface area is 123 Å². The second kappa shape index (κ2) is 6.62. The molecule has 1 aliphatic rings. The van der Waals surface area contributed by atoms with Crippen molar-refractivity contribution < 1.29 is 5.11 Å². The van der Waals surface area contributed by atoms with Crippen LogP contribution in [0.15, 0.2) is 24.3 Å². The molecule has 0 atom stereocenters. The average Bonchev–Trinajstić information content (AvgIpc) is 2.45. The number of rotatable bonds is 4. The van der Waals surface area contributed by atoms with Gasteiger partial charge in [0.25, 0.3) is 0 Å². The summed E-state index contributed by atoms with van der Waals surface area (Å²) < 4.78 is 0. The SMILES string of the molecule is CC(C)(C)C1CCC(CNc2ccccc2CO)CC1. The van der Waals surface area contributed by atoms with E-state index in [9.17, 15) is 5.11 Å². The van der Waals surface area contributed by atoms with Gasteiger partial charge in [-0.3, -0.25) is 0 Å². The van der Waals surface area contributed by atoms with Crippen molar-refractivity contribution in [1.82, 2.24) is 0 Å². The Morgan fingerprint density at radius 2 is 1.75 bits per heavy atom. The largest absolute Gasteiger partial charge is 0.392 e. The van der Waals surface area contributed by atoms with E-state index in [1.807, 2.05) is 18.2 Å². The summed E-state index contributed by atoms with van der Waals surface area (Å²) >= 11 is 0. The van der Waals surface area contributed by atoms with Crippen LogP contribution in [0.5, 0.6) is 0 Å². The first kappa shape index (κ1) is 15.4. The standard InChI is InChI=1S/C18H29NO/c1-18(2,3)16-10-8-14(9-11-16)12-19-17-7-5-4-6-15(17)13-20/h4-7,14,16,19-20H,8-13H2,1-3H3. The van der Waals surface area contributed by atoms with Gasteiger partial charge in [0.15, 0.2) is 0 Å². The third kappa shape index (κ3) is 3.99. The smallest absolute Gasteiger partial charge is 0.0701 e. The predicted octanol–water partition coefficient (Wildman–Crippen LogP) is 4.44. The normalized spacial score (nSPS) is 23.6. The maximum atomic E-state index is 9.34. The minimum absolute atomic E-state index is 0.111. The molecule has 2 nitrogen and oxygen atoms in total. The molecule has 2 N–H and O–H groups in total. The first-order valence-corrected chi connectivity index (χ1v) is 7.93. The van der Waals surface area contributed by atoms with Gasteiger partial charge in [0.2, 0.25) is 0 Å². The minimum Gasteiger partial charge on any atom is -0.392 e. The predicted molar refractivity (Wildman–Crippen MR) is 85.8 cm³/mol. The van der Waals surface area contributed by atoms with Gasteiger partial charge in [-0.15, -0.1) is 0 Å². The fourth-order valence-corrected chi connectivity index (χ4v) is 3.32. The van der Waals surface area contributed by atoms with Gasteiger partial charge < -0.3 is 10.4 Å². The van der Waals surface area contributed by atoms with Gasteiger partial charge >= 0.3 is 0 Å². The highest BCUT2D eigenvalue weighted by molar-refractivity contribution is 5.50. The van der Waals surface area contributed by atoms with Crippen LogP contribution in [0.1, 0.15) is 52.0 Å². The molecular formula is C18H29NO. The van der Waals surface area contributed by atoms with E-state index in [-0.39, 0.29) is 6.61 Å². The molecule has 1 saturated carbocycles. The number of benzene rings is 1. The van der Waals surface area contributed by atoms with E-state index in [0.717, 1.165) is 29.6 Å². The molecule has 1 aliphatic carbocycles. The Morgan fingerprint density at radius 3 is 2.35 bits per heavy atom. The van der Waals surface area contributed by atoms with Crippen LogP contribution in [-0.2, 0) is 6.61 Å². The van der Waals surface area contributed by atoms with Crippen LogP contribution < -0.4 is 5.32 Å². The van der Waals surface area contributed by atoms with Gasteiger partial charge in [-0.1, -0.05) is 39.0 Å². The summed E-state index contributed by atoms with van der Waals surface area (Å²) in [4.78, 5) is 0. The summed E-state index contributed by atoms with van der Waals surface area (Å²) in [6.45, 7) is 8.25. The summed E-state index contributed by atoms with van der Waals surface area (Å²) in [5, 5.41) is 12.9. The highest BCUT2D eigenvalue weighted by Gasteiger charge is 2.29. The first-order valence-electron chi connectivity index (χ1n) is 7.93. The fourth-order valence-electron chi connectivity index (χ4n) is 3.32. The summed E-state index contributed by atoms with van der Waals surface area (Å²) in [6, 6.07) is 8.05. The van der Waals surface area contributed by atoms with Crippen molar-refractivity contribution >= 4 is 5.69 Å². The maximum absolute atomic E-state index is 9.34. The van der Waals surface area contributed by atoms with Crippen molar-refractivity contribution in [2.45, 2.75) is 53.1 Å². The molecule has 2 heteroatoms. The van der Waals surface area contributed by atoms with Gasteiger partial charge in [0, 0.05) is 17.8 Å². The molecule has 0 bridgehead atoms. The van der Waals surface area contributed by atoms with Crippen LogP contribution >= 0.6 is 0 Å². The van der Waals surface area contributed by atoms with Crippen LogP contribution in [-0.4, -0.2) is 11.7 Å². The van der Waals surface area contributed by atoms with Gasteiger partial charge in [0.1, 0.15) is 0 Å². The van der Waals surface area contributed by atoms with Gasteiger partial charge in [-0.05, 0) is 49.0 Å². The number of para-hydroxylation sites is 1. The summed E-state index contributed by atoms with van der Waals surface area (Å²) in [5.41, 5.74) is 2.55. The van der Waals surface area contributed by atoms with Crippen LogP contribution in [0, 0.1) is 17.3 Å². The average molecular weight is 275 g/mol. The maximum Gasteiger partial charge on any atom is 0.0701 e. The molecular weight excluding hydrogens is 246 g/mol. The Morgan fingerprint density at radius 1 is 1.10 bits per heavy atom. The van der Waals surface area contributed by atoms with Crippen molar-refractivity contribution in [2.75, 3.05) is 11.9 Å². The highest BCUT2D eigenvalue weighted by atomic mass is 16.3. The van der Waals surface area contributed by atoms with Crippen molar-refractivity contribution in [1.29, 1.82) is 0 Å². The van der Waals surface area contributed by atoms with Crippen LogP contribution in [0.2, 0.25) is 0 Å². The van der Waals surface area contributed by atoms with E-state index in [2.05, 4.69) is 32.2 Å². The molecule has 1 fully saturated rings. The van der Waals surface area contributed by atoms with Crippen molar-refractivity contribution in [3.8, 4) is 0 Å². The third-order valence-corrected chi connectivity index (χ3v) is 4.84. The number of aliphatic hydroxyl groups is 1. The molecule has 112 valence electrons. The molecule has 0 heterocycles. The molecule has 20 heavy (non-hydrogen) atoms. The van der Waals surface area contributed by atoms with Crippen molar-refractivity contribution in [3.63, 3.8) is 0 Å². The summed E-state index contributed by atoms with van der Waals surface area (Å²) in [6.07, 6.45) is 5.38.